The zero-order chi connectivity index (χ0) is 19.3. The minimum Gasteiger partial charge on any atom is -0.484 e. The zero-order valence-electron chi connectivity index (χ0n) is 15.5. The number of ether oxygens (including phenoxy) is 1. The minimum atomic E-state index is -0.495. The Bertz CT molecular complexity index is 738. The summed E-state index contributed by atoms with van der Waals surface area (Å²) in [7, 11) is 0. The topological polar surface area (TPSA) is 88.7 Å². The smallest absolute Gasteiger partial charge is 0.255 e. The molecule has 1 amide bonds. The van der Waals surface area contributed by atoms with Crippen molar-refractivity contribution in [3.05, 3.63) is 60.2 Å². The molecule has 6 nitrogen and oxygen atoms in total. The molecule has 0 unspecified atom stereocenters. The number of hydrogen-bond donors (Lipinski definition) is 3. The molecule has 2 rings (SSSR count). The molecule has 0 aromatic heterocycles. The second-order valence-corrected chi connectivity index (χ2v) is 6.85. The third-order valence-corrected chi connectivity index (χ3v) is 4.46. The molecule has 27 heavy (non-hydrogen) atoms. The lowest BCUT2D eigenvalue weighted by molar-refractivity contribution is -0.119. The van der Waals surface area contributed by atoms with Crippen molar-refractivity contribution in [2.45, 2.75) is 18.4 Å². The molecule has 4 N–H and O–H groups in total. The van der Waals surface area contributed by atoms with Gasteiger partial charge in [0.15, 0.2) is 12.6 Å². The number of nitrogens with two attached hydrogens (primary N) is 1. The van der Waals surface area contributed by atoms with E-state index in [1.54, 1.807) is 17.8 Å². The number of nitrogens with zero attached hydrogens (tertiary/aromatic N) is 1. The van der Waals surface area contributed by atoms with E-state index in [2.05, 4.69) is 27.8 Å². The van der Waals surface area contributed by atoms with Crippen molar-refractivity contribution in [2.24, 2.45) is 10.7 Å². The largest absolute Gasteiger partial charge is 0.484 e. The monoisotopic (exact) mass is 386 g/mol. The Hall–Kier alpha value is -2.67. The standard InChI is InChI=1S/C20H26N4O2S/c1-2-22-20(23-11-12-27-18-9-4-3-5-10-18)24-14-16-7-6-8-17(13-16)26-15-19(21)25/h3-10,13H,2,11-12,14-15H2,1H3,(H2,21,25)(H2,22,23,24). The summed E-state index contributed by atoms with van der Waals surface area (Å²) in [5, 5.41) is 6.58. The number of rotatable bonds is 10. The first-order chi connectivity index (χ1) is 13.2. The van der Waals surface area contributed by atoms with Gasteiger partial charge in [-0.1, -0.05) is 30.3 Å². The maximum Gasteiger partial charge on any atom is 0.255 e. The highest BCUT2D eigenvalue weighted by atomic mass is 32.2. The van der Waals surface area contributed by atoms with Crippen LogP contribution in [-0.2, 0) is 11.3 Å². The fourth-order valence-electron chi connectivity index (χ4n) is 2.26. The van der Waals surface area contributed by atoms with E-state index >= 15 is 0 Å². The van der Waals surface area contributed by atoms with Crippen LogP contribution in [0.15, 0.2) is 64.5 Å². The third-order valence-electron chi connectivity index (χ3n) is 3.45. The van der Waals surface area contributed by atoms with E-state index in [0.717, 1.165) is 30.4 Å². The number of benzene rings is 2. The second-order valence-electron chi connectivity index (χ2n) is 5.69. The van der Waals surface area contributed by atoms with Crippen LogP contribution in [0, 0.1) is 0 Å². The number of carbonyl (C=O) groups excluding carboxylic acids is 1. The van der Waals surface area contributed by atoms with Gasteiger partial charge in [-0.05, 0) is 36.8 Å². The van der Waals surface area contributed by atoms with Crippen molar-refractivity contribution in [3.63, 3.8) is 0 Å². The van der Waals surface area contributed by atoms with Gasteiger partial charge in [-0.2, -0.15) is 0 Å². The Morgan fingerprint density at radius 2 is 1.96 bits per heavy atom. The van der Waals surface area contributed by atoms with E-state index in [1.165, 1.54) is 4.90 Å². The fraction of sp³-hybridized carbons (Fsp3) is 0.300. The van der Waals surface area contributed by atoms with Crippen LogP contribution in [0.2, 0.25) is 0 Å². The number of nitrogens with one attached hydrogen (secondary N) is 2. The molecule has 7 heteroatoms. The van der Waals surface area contributed by atoms with Crippen molar-refractivity contribution in [1.29, 1.82) is 0 Å². The Kier molecular flexibility index (Phi) is 9.06. The van der Waals surface area contributed by atoms with E-state index in [9.17, 15) is 4.79 Å². The van der Waals surface area contributed by atoms with Gasteiger partial charge in [-0.25, -0.2) is 4.99 Å². The van der Waals surface area contributed by atoms with Crippen LogP contribution in [0.1, 0.15) is 12.5 Å². The van der Waals surface area contributed by atoms with Crippen LogP contribution in [0.3, 0.4) is 0 Å². The molecule has 0 saturated carbocycles. The van der Waals surface area contributed by atoms with E-state index in [-0.39, 0.29) is 6.61 Å². The van der Waals surface area contributed by atoms with Crippen LogP contribution in [0.5, 0.6) is 5.75 Å². The Labute approximate surface area is 164 Å². The number of thioether (sulfide) groups is 1. The molecule has 0 aliphatic heterocycles. The average molecular weight is 387 g/mol. The fourth-order valence-corrected chi connectivity index (χ4v) is 3.04. The number of guanidine groups is 1. The van der Waals surface area contributed by atoms with Crippen molar-refractivity contribution in [2.75, 3.05) is 25.4 Å². The first-order valence-electron chi connectivity index (χ1n) is 8.87. The molecule has 0 aliphatic rings. The lowest BCUT2D eigenvalue weighted by atomic mass is 10.2. The summed E-state index contributed by atoms with van der Waals surface area (Å²) in [6, 6.07) is 17.8. The first kappa shape index (κ1) is 20.6. The van der Waals surface area contributed by atoms with Gasteiger partial charge in [0.05, 0.1) is 6.54 Å². The van der Waals surface area contributed by atoms with Crippen molar-refractivity contribution >= 4 is 23.6 Å². The second kappa shape index (κ2) is 11.9. The van der Waals surface area contributed by atoms with E-state index < -0.39 is 5.91 Å². The van der Waals surface area contributed by atoms with Crippen LogP contribution in [0.25, 0.3) is 0 Å². The number of carbonyl (C=O) groups is 1. The summed E-state index contributed by atoms with van der Waals surface area (Å²) < 4.78 is 5.33. The highest BCUT2D eigenvalue weighted by Crippen LogP contribution is 2.16. The van der Waals surface area contributed by atoms with Crippen molar-refractivity contribution in [3.8, 4) is 5.75 Å². The molecule has 0 spiro atoms. The molecule has 144 valence electrons. The Balaban J connectivity index is 1.83. The lowest BCUT2D eigenvalue weighted by Crippen LogP contribution is -2.38. The van der Waals surface area contributed by atoms with Gasteiger partial charge < -0.3 is 21.1 Å². The summed E-state index contributed by atoms with van der Waals surface area (Å²) in [4.78, 5) is 16.7. The first-order valence-corrected chi connectivity index (χ1v) is 9.86. The number of aliphatic imine (C=N–C) groups is 1. The highest BCUT2D eigenvalue weighted by Gasteiger charge is 2.01. The van der Waals surface area contributed by atoms with Gasteiger partial charge in [-0.3, -0.25) is 4.79 Å². The van der Waals surface area contributed by atoms with E-state index in [1.807, 2.05) is 43.3 Å². The summed E-state index contributed by atoms with van der Waals surface area (Å²) in [5.74, 6) is 1.84. The molecule has 0 aliphatic carbocycles. The average Bonchev–Trinajstić information content (AvgIpc) is 2.69. The van der Waals surface area contributed by atoms with Crippen molar-refractivity contribution in [1.82, 2.24) is 10.6 Å². The Morgan fingerprint density at radius 1 is 1.15 bits per heavy atom. The molecule has 0 bridgehead atoms. The maximum absolute atomic E-state index is 10.8. The SMILES string of the molecule is CCNC(=NCc1cccc(OCC(N)=O)c1)NCCSc1ccccc1. The molecular weight excluding hydrogens is 360 g/mol. The van der Waals surface area contributed by atoms with Gasteiger partial charge in [0, 0.05) is 23.7 Å². The molecule has 0 heterocycles. The molecule has 2 aromatic rings. The van der Waals surface area contributed by atoms with Crippen LogP contribution < -0.4 is 21.1 Å². The van der Waals surface area contributed by atoms with Gasteiger partial charge in [0.2, 0.25) is 0 Å². The summed E-state index contributed by atoms with van der Waals surface area (Å²) in [6.07, 6.45) is 0. The number of hydrogen-bond acceptors (Lipinski definition) is 4. The van der Waals surface area contributed by atoms with Gasteiger partial charge in [0.1, 0.15) is 5.75 Å². The summed E-state index contributed by atoms with van der Waals surface area (Å²) in [6.45, 7) is 4.02. The van der Waals surface area contributed by atoms with Crippen LogP contribution >= 0.6 is 11.8 Å². The molecular formula is C20H26N4O2S. The molecule has 0 radical (unpaired) electrons. The van der Waals surface area contributed by atoms with Gasteiger partial charge in [-0.15, -0.1) is 11.8 Å². The quantitative estimate of drug-likeness (QED) is 0.253. The van der Waals surface area contributed by atoms with Gasteiger partial charge >= 0.3 is 0 Å². The zero-order valence-corrected chi connectivity index (χ0v) is 16.3. The molecule has 0 fully saturated rings. The van der Waals surface area contributed by atoms with Crippen molar-refractivity contribution < 1.29 is 9.53 Å². The molecule has 2 aromatic carbocycles. The summed E-state index contributed by atoms with van der Waals surface area (Å²) >= 11 is 1.81. The normalized spacial score (nSPS) is 11.1. The molecule has 0 saturated heterocycles. The number of primary amides is 1. The number of amides is 1. The Morgan fingerprint density at radius 3 is 2.70 bits per heavy atom. The molecule has 0 atom stereocenters. The third kappa shape index (κ3) is 8.50. The maximum atomic E-state index is 10.8. The van der Waals surface area contributed by atoms with Gasteiger partial charge in [0.25, 0.3) is 5.91 Å². The van der Waals surface area contributed by atoms with Crippen LogP contribution in [0.4, 0.5) is 0 Å². The van der Waals surface area contributed by atoms with Crippen LogP contribution in [-0.4, -0.2) is 37.3 Å². The van der Waals surface area contributed by atoms with E-state index in [4.69, 9.17) is 10.5 Å². The predicted octanol–water partition coefficient (Wildman–Crippen LogP) is 2.40. The lowest BCUT2D eigenvalue weighted by Gasteiger charge is -2.11. The minimum absolute atomic E-state index is 0.129. The summed E-state index contributed by atoms with van der Waals surface area (Å²) in [5.41, 5.74) is 6.09. The highest BCUT2D eigenvalue weighted by molar-refractivity contribution is 7.99. The predicted molar refractivity (Wildman–Crippen MR) is 111 cm³/mol. The van der Waals surface area contributed by atoms with E-state index in [0.29, 0.717) is 12.3 Å².